The average molecular weight is 229 g/mol. The third kappa shape index (κ3) is 1.47. The lowest BCUT2D eigenvalue weighted by atomic mass is 10.3. The minimum absolute atomic E-state index is 0.593. The number of hydrogen-bond acceptors (Lipinski definition) is 2. The first-order chi connectivity index (χ1) is 6.50. The van der Waals surface area contributed by atoms with Crippen molar-refractivity contribution in [2.24, 2.45) is 0 Å². The van der Waals surface area contributed by atoms with Gasteiger partial charge in [-0.1, -0.05) is 11.6 Å². The molecule has 1 N–H and O–H groups in total. The third-order valence-electron chi connectivity index (χ3n) is 2.08. The van der Waals surface area contributed by atoms with E-state index >= 15 is 0 Å². The third-order valence-corrected chi connectivity index (χ3v) is 3.91. The first-order valence-electron chi connectivity index (χ1n) is 4.17. The molecular formula is C9H10ClN2OP. The molecule has 0 unspecified atom stereocenters. The van der Waals surface area contributed by atoms with Gasteiger partial charge in [0.15, 0.2) is 0 Å². The number of halogens is 1. The van der Waals surface area contributed by atoms with Crippen LogP contribution in [0.5, 0.6) is 0 Å². The topological polar surface area (TPSA) is 45.8 Å². The Kier molecular flexibility index (Phi) is 2.17. The normalized spacial score (nSPS) is 12.2. The fraction of sp³-hybridized carbons (Fsp3) is 0.222. The molecule has 14 heavy (non-hydrogen) atoms. The molecule has 2 rings (SSSR count). The Labute approximate surface area is 86.9 Å². The maximum Gasteiger partial charge on any atom is 0.139 e. The van der Waals surface area contributed by atoms with Crippen LogP contribution in [-0.2, 0) is 4.57 Å². The molecule has 0 radical (unpaired) electrons. The summed E-state index contributed by atoms with van der Waals surface area (Å²) in [7, 11) is -2.30. The van der Waals surface area contributed by atoms with E-state index < -0.39 is 7.14 Å². The monoisotopic (exact) mass is 228 g/mol. The molecule has 0 fully saturated rings. The van der Waals surface area contributed by atoms with Crippen LogP contribution in [0.15, 0.2) is 18.5 Å². The number of nitrogens with zero attached hydrogens (tertiary/aromatic N) is 1. The van der Waals surface area contributed by atoms with Crippen molar-refractivity contribution in [3.8, 4) is 0 Å². The summed E-state index contributed by atoms with van der Waals surface area (Å²) >= 11 is 6.03. The van der Waals surface area contributed by atoms with Gasteiger partial charge in [0, 0.05) is 23.1 Å². The SMILES string of the molecule is CP(C)(=O)c1c[nH]c2nccc(Cl)c12. The second kappa shape index (κ2) is 3.11. The highest BCUT2D eigenvalue weighted by molar-refractivity contribution is 7.70. The molecule has 2 aromatic heterocycles. The summed E-state index contributed by atoms with van der Waals surface area (Å²) < 4.78 is 11.9. The van der Waals surface area contributed by atoms with Gasteiger partial charge in [0.25, 0.3) is 0 Å². The van der Waals surface area contributed by atoms with Crippen molar-refractivity contribution in [2.45, 2.75) is 0 Å². The van der Waals surface area contributed by atoms with Gasteiger partial charge in [0.2, 0.25) is 0 Å². The molecule has 74 valence electrons. The van der Waals surface area contributed by atoms with Crippen molar-refractivity contribution in [1.82, 2.24) is 9.97 Å². The summed E-state index contributed by atoms with van der Waals surface area (Å²) in [5, 5.41) is 2.14. The van der Waals surface area contributed by atoms with E-state index in [1.807, 2.05) is 0 Å². The predicted molar refractivity (Wildman–Crippen MR) is 60.2 cm³/mol. The number of H-pyrrole nitrogens is 1. The highest BCUT2D eigenvalue weighted by atomic mass is 35.5. The average Bonchev–Trinajstić information content (AvgIpc) is 2.47. The fourth-order valence-corrected chi connectivity index (χ4v) is 2.88. The molecule has 0 spiro atoms. The van der Waals surface area contributed by atoms with Crippen LogP contribution in [0.4, 0.5) is 0 Å². The van der Waals surface area contributed by atoms with E-state index in [9.17, 15) is 4.57 Å². The predicted octanol–water partition coefficient (Wildman–Crippen LogP) is 2.46. The minimum atomic E-state index is -2.30. The number of nitrogens with one attached hydrogen (secondary N) is 1. The van der Waals surface area contributed by atoms with E-state index in [-0.39, 0.29) is 0 Å². The van der Waals surface area contributed by atoms with Gasteiger partial charge >= 0.3 is 0 Å². The molecule has 0 aliphatic rings. The summed E-state index contributed by atoms with van der Waals surface area (Å²) in [5.41, 5.74) is 0.691. The fourth-order valence-electron chi connectivity index (χ4n) is 1.42. The number of rotatable bonds is 1. The number of aromatic amines is 1. The van der Waals surface area contributed by atoms with Crippen molar-refractivity contribution >= 4 is 35.1 Å². The van der Waals surface area contributed by atoms with Crippen LogP contribution < -0.4 is 5.30 Å². The highest BCUT2D eigenvalue weighted by Gasteiger charge is 2.18. The summed E-state index contributed by atoms with van der Waals surface area (Å²) in [6.07, 6.45) is 3.35. The van der Waals surface area contributed by atoms with Crippen molar-refractivity contribution in [3.63, 3.8) is 0 Å². The Morgan fingerprint density at radius 1 is 1.50 bits per heavy atom. The smallest absolute Gasteiger partial charge is 0.139 e. The van der Waals surface area contributed by atoms with E-state index in [0.29, 0.717) is 10.7 Å². The summed E-state index contributed by atoms with van der Waals surface area (Å²) in [6.45, 7) is 3.44. The van der Waals surface area contributed by atoms with E-state index in [2.05, 4.69) is 9.97 Å². The van der Waals surface area contributed by atoms with Crippen LogP contribution in [0.3, 0.4) is 0 Å². The Hall–Kier alpha value is -0.790. The summed E-state index contributed by atoms with van der Waals surface area (Å²) in [4.78, 5) is 7.08. The zero-order valence-corrected chi connectivity index (χ0v) is 9.56. The zero-order valence-electron chi connectivity index (χ0n) is 7.91. The van der Waals surface area contributed by atoms with Crippen molar-refractivity contribution in [1.29, 1.82) is 0 Å². The molecular weight excluding hydrogens is 219 g/mol. The molecule has 0 saturated carbocycles. The molecule has 3 nitrogen and oxygen atoms in total. The van der Waals surface area contributed by atoms with Crippen LogP contribution in [-0.4, -0.2) is 23.3 Å². The van der Waals surface area contributed by atoms with Crippen LogP contribution in [0.2, 0.25) is 5.02 Å². The summed E-state index contributed by atoms with van der Waals surface area (Å²) in [6, 6.07) is 1.71. The molecule has 0 aliphatic heterocycles. The number of fused-ring (bicyclic) bond motifs is 1. The van der Waals surface area contributed by atoms with Crippen molar-refractivity contribution in [3.05, 3.63) is 23.5 Å². The van der Waals surface area contributed by atoms with E-state index in [1.165, 1.54) is 0 Å². The maximum atomic E-state index is 11.9. The Morgan fingerprint density at radius 3 is 2.86 bits per heavy atom. The molecule has 0 atom stereocenters. The van der Waals surface area contributed by atoms with E-state index in [4.69, 9.17) is 11.6 Å². The molecule has 2 aromatic rings. The second-order valence-corrected chi connectivity index (χ2v) is 7.13. The Balaban J connectivity index is 2.87. The van der Waals surface area contributed by atoms with E-state index in [1.54, 1.807) is 31.8 Å². The summed E-state index contributed by atoms with van der Waals surface area (Å²) in [5.74, 6) is 0. The number of pyridine rings is 1. The zero-order chi connectivity index (χ0) is 10.3. The molecule has 0 saturated heterocycles. The van der Waals surface area contributed by atoms with Gasteiger partial charge in [-0.2, -0.15) is 0 Å². The lowest BCUT2D eigenvalue weighted by molar-refractivity contribution is 0.588. The molecule has 0 amide bonds. The Morgan fingerprint density at radius 2 is 2.21 bits per heavy atom. The van der Waals surface area contributed by atoms with Gasteiger partial charge in [-0.25, -0.2) is 4.98 Å². The highest BCUT2D eigenvalue weighted by Crippen LogP contribution is 2.38. The van der Waals surface area contributed by atoms with Gasteiger partial charge in [0.1, 0.15) is 12.8 Å². The van der Waals surface area contributed by atoms with Crippen molar-refractivity contribution < 1.29 is 4.57 Å². The molecule has 0 bridgehead atoms. The van der Waals surface area contributed by atoms with Crippen LogP contribution >= 0.6 is 18.7 Å². The first-order valence-corrected chi connectivity index (χ1v) is 7.15. The number of aromatic nitrogens is 2. The van der Waals surface area contributed by atoms with Gasteiger partial charge in [-0.3, -0.25) is 0 Å². The maximum absolute atomic E-state index is 11.9. The van der Waals surface area contributed by atoms with Gasteiger partial charge in [-0.15, -0.1) is 0 Å². The second-order valence-electron chi connectivity index (χ2n) is 3.54. The van der Waals surface area contributed by atoms with Crippen LogP contribution in [0, 0.1) is 0 Å². The van der Waals surface area contributed by atoms with Gasteiger partial charge < -0.3 is 9.55 Å². The molecule has 2 heterocycles. The number of hydrogen-bond donors (Lipinski definition) is 1. The van der Waals surface area contributed by atoms with Crippen LogP contribution in [0.1, 0.15) is 0 Å². The van der Waals surface area contributed by atoms with Crippen LogP contribution in [0.25, 0.3) is 11.0 Å². The van der Waals surface area contributed by atoms with Gasteiger partial charge in [0.05, 0.1) is 5.02 Å². The largest absolute Gasteiger partial charge is 0.345 e. The minimum Gasteiger partial charge on any atom is -0.345 e. The lowest BCUT2D eigenvalue weighted by Gasteiger charge is -2.04. The van der Waals surface area contributed by atoms with E-state index in [0.717, 1.165) is 10.7 Å². The molecule has 0 aromatic carbocycles. The van der Waals surface area contributed by atoms with Crippen molar-refractivity contribution in [2.75, 3.05) is 13.3 Å². The molecule has 5 heteroatoms. The standard InChI is InChI=1S/C9H10ClN2OP/c1-14(2,13)7-5-12-9-8(7)6(10)3-4-11-9/h3-5H,1-2H3,(H,11,12). The molecule has 0 aliphatic carbocycles. The Bertz CT molecular complexity index is 529. The quantitative estimate of drug-likeness (QED) is 0.762. The first kappa shape index (κ1) is 9.75. The van der Waals surface area contributed by atoms with Gasteiger partial charge in [-0.05, 0) is 19.4 Å². The lowest BCUT2D eigenvalue weighted by Crippen LogP contribution is -2.00.